The first-order valence-corrected chi connectivity index (χ1v) is 9.59. The highest BCUT2D eigenvalue weighted by atomic mass is 16.6. The maximum absolute atomic E-state index is 12.4. The van der Waals surface area contributed by atoms with Crippen LogP contribution in [-0.2, 0) is 4.79 Å². The van der Waals surface area contributed by atoms with Gasteiger partial charge < -0.3 is 19.6 Å². The zero-order valence-electron chi connectivity index (χ0n) is 16.6. The maximum Gasteiger partial charge on any atom is 0.335 e. The summed E-state index contributed by atoms with van der Waals surface area (Å²) in [5.41, 5.74) is 1.73. The van der Waals surface area contributed by atoms with E-state index in [0.717, 1.165) is 5.69 Å². The summed E-state index contributed by atoms with van der Waals surface area (Å²) in [5.74, 6) is -0.460. The topological polar surface area (TPSA) is 113 Å². The summed E-state index contributed by atoms with van der Waals surface area (Å²) in [6, 6.07) is 11.2. The van der Waals surface area contributed by atoms with Gasteiger partial charge in [0, 0.05) is 43.5 Å². The first-order chi connectivity index (χ1) is 14.3. The minimum absolute atomic E-state index is 0.00508. The molecule has 0 aromatic heterocycles. The number of carbonyl (C=O) groups is 2. The monoisotopic (exact) mass is 413 g/mol. The van der Waals surface area contributed by atoms with Crippen molar-refractivity contribution in [2.45, 2.75) is 13.3 Å². The van der Waals surface area contributed by atoms with E-state index in [2.05, 4.69) is 4.90 Å². The van der Waals surface area contributed by atoms with Crippen LogP contribution >= 0.6 is 0 Å². The molecule has 0 aliphatic carbocycles. The summed E-state index contributed by atoms with van der Waals surface area (Å²) in [4.78, 5) is 37.7. The number of hydrogen-bond acceptors (Lipinski definition) is 6. The number of ether oxygens (including phenoxy) is 1. The number of carboxylic acids is 1. The second kappa shape index (κ2) is 9.25. The Kier molecular flexibility index (Phi) is 6.51. The van der Waals surface area contributed by atoms with Gasteiger partial charge in [0.2, 0.25) is 5.91 Å². The number of aryl methyl sites for hydroxylation is 1. The Hall–Kier alpha value is -3.62. The van der Waals surface area contributed by atoms with E-state index < -0.39 is 10.9 Å². The molecule has 1 heterocycles. The van der Waals surface area contributed by atoms with E-state index in [9.17, 15) is 19.7 Å². The Morgan fingerprint density at radius 3 is 2.33 bits per heavy atom. The van der Waals surface area contributed by atoms with Gasteiger partial charge in [-0.3, -0.25) is 14.9 Å². The smallest absolute Gasteiger partial charge is 0.335 e. The summed E-state index contributed by atoms with van der Waals surface area (Å²) in [6.45, 7) is 4.34. The third kappa shape index (κ3) is 5.05. The highest BCUT2D eigenvalue weighted by Gasteiger charge is 2.21. The molecule has 1 aliphatic heterocycles. The number of carbonyl (C=O) groups excluding carboxylic acids is 1. The molecule has 1 fully saturated rings. The number of anilines is 1. The van der Waals surface area contributed by atoms with Gasteiger partial charge in [-0.1, -0.05) is 0 Å². The first-order valence-electron chi connectivity index (χ1n) is 9.59. The lowest BCUT2D eigenvalue weighted by molar-refractivity contribution is -0.385. The Bertz CT molecular complexity index is 936. The number of nitro benzene ring substituents is 1. The molecule has 2 aromatic carbocycles. The molecular weight excluding hydrogens is 390 g/mol. The van der Waals surface area contributed by atoms with Crippen LogP contribution in [0, 0.1) is 17.0 Å². The van der Waals surface area contributed by atoms with Gasteiger partial charge in [0.15, 0.2) is 0 Å². The van der Waals surface area contributed by atoms with Crippen LogP contribution in [0.1, 0.15) is 22.3 Å². The van der Waals surface area contributed by atoms with Crippen LogP contribution in [0.4, 0.5) is 11.4 Å². The van der Waals surface area contributed by atoms with Crippen LogP contribution in [0.3, 0.4) is 0 Å². The molecule has 9 heteroatoms. The molecule has 0 unspecified atom stereocenters. The number of piperazine rings is 1. The number of rotatable bonds is 7. The fourth-order valence-electron chi connectivity index (χ4n) is 3.37. The van der Waals surface area contributed by atoms with Crippen molar-refractivity contribution in [3.8, 4) is 5.75 Å². The number of carboxylic acid groups (broad SMARTS) is 1. The van der Waals surface area contributed by atoms with Gasteiger partial charge in [-0.15, -0.1) is 0 Å². The third-order valence-electron chi connectivity index (χ3n) is 5.06. The number of nitrogens with zero attached hydrogens (tertiary/aromatic N) is 3. The lowest BCUT2D eigenvalue weighted by Gasteiger charge is -2.36. The number of hydrogen-bond donors (Lipinski definition) is 1. The average molecular weight is 413 g/mol. The fourth-order valence-corrected chi connectivity index (χ4v) is 3.37. The molecule has 9 nitrogen and oxygen atoms in total. The van der Waals surface area contributed by atoms with Gasteiger partial charge in [0.25, 0.3) is 5.69 Å². The maximum atomic E-state index is 12.4. The molecular formula is C21H23N3O6. The zero-order valence-corrected chi connectivity index (χ0v) is 16.6. The summed E-state index contributed by atoms with van der Waals surface area (Å²) < 4.78 is 5.58. The van der Waals surface area contributed by atoms with E-state index in [0.29, 0.717) is 37.5 Å². The van der Waals surface area contributed by atoms with Crippen LogP contribution in [0.2, 0.25) is 0 Å². The predicted molar refractivity (Wildman–Crippen MR) is 110 cm³/mol. The van der Waals surface area contributed by atoms with Gasteiger partial charge in [-0.2, -0.15) is 0 Å². The Labute approximate surface area is 173 Å². The third-order valence-corrected chi connectivity index (χ3v) is 5.06. The van der Waals surface area contributed by atoms with Crippen LogP contribution in [0.25, 0.3) is 0 Å². The molecule has 30 heavy (non-hydrogen) atoms. The van der Waals surface area contributed by atoms with Crippen molar-refractivity contribution < 1.29 is 24.4 Å². The van der Waals surface area contributed by atoms with Gasteiger partial charge in [0.1, 0.15) is 5.75 Å². The SMILES string of the molecule is Cc1cc(OCCC(=O)N2CCN(c3ccc(C(=O)O)cc3)CC2)ccc1[N+](=O)[O-]. The van der Waals surface area contributed by atoms with Gasteiger partial charge in [-0.05, 0) is 43.3 Å². The van der Waals surface area contributed by atoms with E-state index in [1.807, 2.05) is 0 Å². The quantitative estimate of drug-likeness (QED) is 0.548. The van der Waals surface area contributed by atoms with Crippen molar-refractivity contribution in [2.24, 2.45) is 0 Å². The fraction of sp³-hybridized carbons (Fsp3) is 0.333. The van der Waals surface area contributed by atoms with Crippen molar-refractivity contribution in [1.29, 1.82) is 0 Å². The Morgan fingerprint density at radius 1 is 1.10 bits per heavy atom. The van der Waals surface area contributed by atoms with Crippen LogP contribution in [-0.4, -0.2) is 59.6 Å². The number of amides is 1. The van der Waals surface area contributed by atoms with Crippen molar-refractivity contribution in [3.05, 3.63) is 63.7 Å². The first kappa shape index (κ1) is 21.1. The van der Waals surface area contributed by atoms with Crippen LogP contribution in [0.15, 0.2) is 42.5 Å². The molecule has 1 aliphatic rings. The molecule has 1 N–H and O–H groups in total. The standard InChI is InChI=1S/C21H23N3O6/c1-15-14-18(6-7-19(15)24(28)29)30-13-8-20(25)23-11-9-22(10-12-23)17-4-2-16(3-5-17)21(26)27/h2-7,14H,8-13H2,1H3,(H,26,27). The molecule has 3 rings (SSSR count). The minimum atomic E-state index is -0.955. The minimum Gasteiger partial charge on any atom is -0.493 e. The molecule has 1 saturated heterocycles. The summed E-state index contributed by atoms with van der Waals surface area (Å²) in [5, 5.41) is 19.8. The molecule has 0 saturated carbocycles. The second-order valence-electron chi connectivity index (χ2n) is 7.02. The van der Waals surface area contributed by atoms with E-state index in [-0.39, 0.29) is 30.2 Å². The highest BCUT2D eigenvalue weighted by Crippen LogP contribution is 2.23. The lowest BCUT2D eigenvalue weighted by Crippen LogP contribution is -2.49. The van der Waals surface area contributed by atoms with Crippen LogP contribution < -0.4 is 9.64 Å². The molecule has 0 spiro atoms. The molecule has 0 radical (unpaired) electrons. The number of aromatic carboxylic acids is 1. The molecule has 2 aromatic rings. The van der Waals surface area contributed by atoms with E-state index >= 15 is 0 Å². The Morgan fingerprint density at radius 2 is 1.77 bits per heavy atom. The van der Waals surface area contributed by atoms with Gasteiger partial charge in [0.05, 0.1) is 23.5 Å². The van der Waals surface area contributed by atoms with Crippen molar-refractivity contribution >= 4 is 23.3 Å². The molecule has 0 bridgehead atoms. The largest absolute Gasteiger partial charge is 0.493 e. The van der Waals surface area contributed by atoms with Gasteiger partial charge in [-0.25, -0.2) is 4.79 Å². The Balaban J connectivity index is 1.44. The van der Waals surface area contributed by atoms with Crippen molar-refractivity contribution in [2.75, 3.05) is 37.7 Å². The van der Waals surface area contributed by atoms with Crippen molar-refractivity contribution in [3.63, 3.8) is 0 Å². The molecule has 158 valence electrons. The van der Waals surface area contributed by atoms with Crippen molar-refractivity contribution in [1.82, 2.24) is 4.90 Å². The summed E-state index contributed by atoms with van der Waals surface area (Å²) in [6.07, 6.45) is 0.226. The van der Waals surface area contributed by atoms with E-state index in [1.54, 1.807) is 42.2 Å². The van der Waals surface area contributed by atoms with E-state index in [4.69, 9.17) is 9.84 Å². The average Bonchev–Trinajstić information content (AvgIpc) is 2.73. The predicted octanol–water partition coefficient (Wildman–Crippen LogP) is 2.72. The zero-order chi connectivity index (χ0) is 21.7. The van der Waals surface area contributed by atoms with Gasteiger partial charge >= 0.3 is 5.97 Å². The highest BCUT2D eigenvalue weighted by molar-refractivity contribution is 5.88. The molecule has 0 atom stereocenters. The van der Waals surface area contributed by atoms with E-state index in [1.165, 1.54) is 12.1 Å². The number of nitro groups is 1. The summed E-state index contributed by atoms with van der Waals surface area (Å²) >= 11 is 0. The van der Waals surface area contributed by atoms with Crippen LogP contribution in [0.5, 0.6) is 5.75 Å². The normalized spacial score (nSPS) is 13.8. The molecule has 1 amide bonds. The summed E-state index contributed by atoms with van der Waals surface area (Å²) in [7, 11) is 0. The lowest BCUT2D eigenvalue weighted by atomic mass is 10.2. The second-order valence-corrected chi connectivity index (χ2v) is 7.02. The number of benzene rings is 2.